The minimum absolute atomic E-state index is 0.138. The lowest BCUT2D eigenvalue weighted by molar-refractivity contribution is -0.310. The van der Waals surface area contributed by atoms with Crippen molar-refractivity contribution >= 4 is 11.9 Å². The fourth-order valence-electron chi connectivity index (χ4n) is 8.11. The van der Waals surface area contributed by atoms with E-state index in [1.165, 1.54) is 13.0 Å². The van der Waals surface area contributed by atoms with Crippen LogP contribution in [-0.2, 0) is 28.5 Å². The molecule has 18 heteroatoms. The summed E-state index contributed by atoms with van der Waals surface area (Å²) in [7, 11) is 0. The molecule has 13 N–H and O–H groups in total. The van der Waals surface area contributed by atoms with Crippen LogP contribution in [0, 0.1) is 17.8 Å². The fourth-order valence-corrected chi connectivity index (χ4v) is 8.11. The Morgan fingerprint density at radius 3 is 1.94 bits per heavy atom. The molecule has 9 unspecified atom stereocenters. The Hall–Kier alpha value is -3.18. The molecule has 0 radical (unpaired) electrons. The lowest BCUT2D eigenvalue weighted by Crippen LogP contribution is -2.61. The zero-order valence-corrected chi connectivity index (χ0v) is 37.8. The average molecular weight is 926 g/mol. The van der Waals surface area contributed by atoms with E-state index in [9.17, 15) is 65.8 Å². The van der Waals surface area contributed by atoms with Crippen molar-refractivity contribution in [1.29, 1.82) is 0 Å². The van der Waals surface area contributed by atoms with Crippen LogP contribution in [0.2, 0.25) is 0 Å². The zero-order valence-electron chi connectivity index (χ0n) is 37.8. The standard InChI is InChI=1S/C47H75NO17/c1-27-17-15-13-11-9-7-5-6-8-10-12-14-16-18-34(64-46-44(58)41(48)43(57)30(4)63-46)24-38-40(45(59)60)37(54)26-47(61,65-38)25-36(53)35(52)20-19-31(49)21-32(50)22-33(51)23-39(55)62-29(3)28(2)42(27)56/h5-6,8,10-18,27-38,40-44,46,49-54,56-58,61H,7,9,19-26,48H2,1-4H3,(H,59,60)/t27-,28-,29-,30+,31?,32?,33?,34?,35?,36?,37?,38?,40?,41-,42+,43+,44-,46+,47+/m0/s1. The summed E-state index contributed by atoms with van der Waals surface area (Å²) in [6.07, 6.45) is 2.28. The monoisotopic (exact) mass is 926 g/mol. The highest BCUT2D eigenvalue weighted by atomic mass is 16.7. The second-order valence-corrected chi connectivity index (χ2v) is 17.8. The molecule has 19 atom stereocenters. The summed E-state index contributed by atoms with van der Waals surface area (Å²) < 4.78 is 23.2. The van der Waals surface area contributed by atoms with Crippen LogP contribution in [0.1, 0.15) is 91.9 Å². The fraction of sp³-hybridized carbons (Fsp3) is 0.702. The molecule has 3 rings (SSSR count). The highest BCUT2D eigenvalue weighted by Crippen LogP contribution is 2.38. The number of esters is 1. The number of carboxylic acids is 1. The third kappa shape index (κ3) is 18.8. The van der Waals surface area contributed by atoms with Gasteiger partial charge >= 0.3 is 11.9 Å². The molecule has 2 fully saturated rings. The normalized spacial score (nSPS) is 42.3. The Bertz CT molecular complexity index is 1620. The van der Waals surface area contributed by atoms with Gasteiger partial charge in [-0.25, -0.2) is 0 Å². The number of aliphatic hydroxyl groups is 10. The number of allylic oxidation sites excluding steroid dienone is 10. The van der Waals surface area contributed by atoms with Crippen molar-refractivity contribution in [3.8, 4) is 0 Å². The van der Waals surface area contributed by atoms with E-state index in [0.717, 1.165) is 12.8 Å². The second kappa shape index (κ2) is 27.6. The van der Waals surface area contributed by atoms with Crippen molar-refractivity contribution in [3.63, 3.8) is 0 Å². The van der Waals surface area contributed by atoms with E-state index in [-0.39, 0.29) is 38.0 Å². The molecule has 3 aliphatic heterocycles. The number of cyclic esters (lactones) is 1. The number of rotatable bonds is 3. The topological polar surface area (TPSA) is 320 Å². The first-order valence-corrected chi connectivity index (χ1v) is 22.6. The second-order valence-electron chi connectivity index (χ2n) is 17.8. The van der Waals surface area contributed by atoms with Crippen molar-refractivity contribution in [2.45, 2.75) is 189 Å². The van der Waals surface area contributed by atoms with E-state index in [0.29, 0.717) is 0 Å². The van der Waals surface area contributed by atoms with Gasteiger partial charge in [0.1, 0.15) is 18.1 Å². The van der Waals surface area contributed by atoms with Crippen LogP contribution in [0.3, 0.4) is 0 Å². The quantitative estimate of drug-likeness (QED) is 0.175. The molecule has 0 spiro atoms. The van der Waals surface area contributed by atoms with E-state index in [1.54, 1.807) is 38.2 Å². The molecule has 370 valence electrons. The number of hydrogen-bond donors (Lipinski definition) is 12. The highest BCUT2D eigenvalue weighted by Gasteiger charge is 2.51. The van der Waals surface area contributed by atoms with Gasteiger partial charge in [-0.3, -0.25) is 9.59 Å². The summed E-state index contributed by atoms with van der Waals surface area (Å²) in [5, 5.41) is 118. The largest absolute Gasteiger partial charge is 0.481 e. The lowest BCUT2D eigenvalue weighted by atomic mass is 9.82. The van der Waals surface area contributed by atoms with Gasteiger partial charge in [0.05, 0.1) is 79.6 Å². The van der Waals surface area contributed by atoms with Gasteiger partial charge in [0.15, 0.2) is 12.1 Å². The van der Waals surface area contributed by atoms with Crippen LogP contribution in [0.25, 0.3) is 0 Å². The smallest absolute Gasteiger partial charge is 0.311 e. The zero-order chi connectivity index (χ0) is 48.4. The maximum absolute atomic E-state index is 12.6. The van der Waals surface area contributed by atoms with E-state index < -0.39 is 141 Å². The molecular weight excluding hydrogens is 851 g/mol. The maximum Gasteiger partial charge on any atom is 0.311 e. The van der Waals surface area contributed by atoms with Crippen LogP contribution in [0.15, 0.2) is 72.9 Å². The molecule has 2 saturated heterocycles. The van der Waals surface area contributed by atoms with Gasteiger partial charge in [-0.05, 0) is 52.4 Å². The van der Waals surface area contributed by atoms with Gasteiger partial charge in [0.25, 0.3) is 0 Å². The molecule has 2 bridgehead atoms. The number of carbonyl (C=O) groups is 2. The third-order valence-corrected chi connectivity index (χ3v) is 12.2. The van der Waals surface area contributed by atoms with Gasteiger partial charge in [-0.15, -0.1) is 0 Å². The molecule has 3 heterocycles. The first kappa shape index (κ1) is 56.1. The van der Waals surface area contributed by atoms with Crippen LogP contribution >= 0.6 is 0 Å². The third-order valence-electron chi connectivity index (χ3n) is 12.2. The number of carbonyl (C=O) groups excluding carboxylic acids is 1. The first-order chi connectivity index (χ1) is 30.6. The summed E-state index contributed by atoms with van der Waals surface area (Å²) in [6, 6.07) is -1.14. The molecule has 0 aliphatic carbocycles. The molecule has 0 amide bonds. The summed E-state index contributed by atoms with van der Waals surface area (Å²) in [6.45, 7) is 6.78. The number of fused-ring (bicyclic) bond motifs is 2. The van der Waals surface area contributed by atoms with Crippen molar-refractivity contribution in [1.82, 2.24) is 0 Å². The van der Waals surface area contributed by atoms with Gasteiger partial charge < -0.3 is 80.9 Å². The predicted molar refractivity (Wildman–Crippen MR) is 237 cm³/mol. The minimum Gasteiger partial charge on any atom is -0.481 e. The molecule has 3 aliphatic rings. The molecule has 0 aromatic carbocycles. The van der Waals surface area contributed by atoms with Gasteiger partial charge in [0, 0.05) is 31.1 Å². The molecule has 18 nitrogen and oxygen atoms in total. The summed E-state index contributed by atoms with van der Waals surface area (Å²) in [5.41, 5.74) is 6.02. The van der Waals surface area contributed by atoms with Crippen molar-refractivity contribution in [2.24, 2.45) is 23.5 Å². The van der Waals surface area contributed by atoms with E-state index in [4.69, 9.17) is 24.7 Å². The highest BCUT2D eigenvalue weighted by molar-refractivity contribution is 5.71. The van der Waals surface area contributed by atoms with Crippen molar-refractivity contribution in [3.05, 3.63) is 72.9 Å². The number of aliphatic carboxylic acids is 1. The SMILES string of the molecule is C[C@@H]1[C@H](O)[C@@H](C)C=CC=CCCC=CC=CC=CC=CC(O[C@H]2O[C@H](C)[C@@H](O)[C@H](N)[C@@H]2O)CC2O[C@](O)(CC(O)C(O)CCC(O)CC(O)CC(O)CC(=O)O[C@H]1C)CC(O)C2C(=O)O. The van der Waals surface area contributed by atoms with E-state index >= 15 is 0 Å². The molecule has 0 aromatic heterocycles. The van der Waals surface area contributed by atoms with Crippen molar-refractivity contribution < 1.29 is 84.7 Å². The maximum atomic E-state index is 12.6. The van der Waals surface area contributed by atoms with Gasteiger partial charge in [-0.1, -0.05) is 86.8 Å². The number of aliphatic hydroxyl groups excluding tert-OH is 9. The van der Waals surface area contributed by atoms with Gasteiger partial charge in [-0.2, -0.15) is 0 Å². The molecule has 0 aromatic rings. The first-order valence-electron chi connectivity index (χ1n) is 22.6. The minimum atomic E-state index is -2.35. The number of nitrogens with two attached hydrogens (primary N) is 1. The van der Waals surface area contributed by atoms with E-state index in [1.807, 2.05) is 49.5 Å². The Morgan fingerprint density at radius 2 is 1.28 bits per heavy atom. The van der Waals surface area contributed by atoms with E-state index in [2.05, 4.69) is 0 Å². The average Bonchev–Trinajstić information content (AvgIpc) is 3.21. The summed E-state index contributed by atoms with van der Waals surface area (Å²) in [5.74, 6) is -6.82. The van der Waals surface area contributed by atoms with Crippen LogP contribution in [-0.4, -0.2) is 166 Å². The summed E-state index contributed by atoms with van der Waals surface area (Å²) >= 11 is 0. The predicted octanol–water partition coefficient (Wildman–Crippen LogP) is 0.936. The summed E-state index contributed by atoms with van der Waals surface area (Å²) in [4.78, 5) is 25.1. The Labute approximate surface area is 381 Å². The van der Waals surface area contributed by atoms with Crippen LogP contribution < -0.4 is 5.73 Å². The molecular formula is C47H75NO17. The molecule has 65 heavy (non-hydrogen) atoms. The number of carboxylic acid groups (broad SMARTS) is 1. The van der Waals surface area contributed by atoms with Gasteiger partial charge in [0.2, 0.25) is 0 Å². The number of hydrogen-bond acceptors (Lipinski definition) is 17. The van der Waals surface area contributed by atoms with Crippen LogP contribution in [0.4, 0.5) is 0 Å². The van der Waals surface area contributed by atoms with Crippen molar-refractivity contribution in [2.75, 3.05) is 0 Å². The Kier molecular flexibility index (Phi) is 23.8. The Morgan fingerprint density at radius 1 is 0.692 bits per heavy atom. The van der Waals surface area contributed by atoms with Crippen LogP contribution in [0.5, 0.6) is 0 Å². The Balaban J connectivity index is 1.84. The lowest BCUT2D eigenvalue weighted by Gasteiger charge is -2.45. The number of ether oxygens (including phenoxy) is 4. The molecule has 0 saturated carbocycles.